The van der Waals surface area contributed by atoms with Gasteiger partial charge in [-0.3, -0.25) is 14.5 Å². The first-order chi connectivity index (χ1) is 14.7. The van der Waals surface area contributed by atoms with E-state index in [9.17, 15) is 9.59 Å². The van der Waals surface area contributed by atoms with Gasteiger partial charge in [0.15, 0.2) is 0 Å². The van der Waals surface area contributed by atoms with Crippen LogP contribution < -0.4 is 15.0 Å². The lowest BCUT2D eigenvalue weighted by molar-refractivity contribution is -0.117. The van der Waals surface area contributed by atoms with E-state index >= 15 is 0 Å². The number of hydrogen-bond donors (Lipinski definition) is 1. The third-order valence-electron chi connectivity index (χ3n) is 5.17. The van der Waals surface area contributed by atoms with Crippen molar-refractivity contribution in [2.24, 2.45) is 11.3 Å². The molecule has 1 saturated heterocycles. The fraction of sp³-hybridized carbons (Fsp3) is 0.440. The molecule has 0 radical (unpaired) electrons. The molecular formula is C25H32N2O3S. The van der Waals surface area contributed by atoms with Gasteiger partial charge in [-0.1, -0.05) is 45.9 Å². The first-order valence-corrected chi connectivity index (χ1v) is 11.7. The van der Waals surface area contributed by atoms with Gasteiger partial charge in [0, 0.05) is 23.9 Å². The second-order valence-corrected chi connectivity index (χ2v) is 10.4. The maximum atomic E-state index is 12.6. The second-order valence-electron chi connectivity index (χ2n) is 9.37. The minimum Gasteiger partial charge on any atom is -0.497 e. The van der Waals surface area contributed by atoms with Crippen LogP contribution in [0.2, 0.25) is 0 Å². The monoisotopic (exact) mass is 440 g/mol. The third kappa shape index (κ3) is 6.26. The van der Waals surface area contributed by atoms with Crippen molar-refractivity contribution in [3.05, 3.63) is 54.1 Å². The first-order valence-electron chi connectivity index (χ1n) is 10.6. The van der Waals surface area contributed by atoms with Gasteiger partial charge in [0.2, 0.25) is 11.8 Å². The number of amides is 2. The van der Waals surface area contributed by atoms with Crippen LogP contribution in [0.25, 0.3) is 0 Å². The summed E-state index contributed by atoms with van der Waals surface area (Å²) in [5.74, 6) is 1.60. The molecule has 5 nitrogen and oxygen atoms in total. The number of carbonyl (C=O) groups excluding carboxylic acids is 2. The lowest BCUT2D eigenvalue weighted by Crippen LogP contribution is -2.27. The zero-order valence-electron chi connectivity index (χ0n) is 19.0. The number of nitrogens with one attached hydrogen (secondary N) is 1. The van der Waals surface area contributed by atoms with E-state index in [4.69, 9.17) is 4.74 Å². The second kappa shape index (κ2) is 9.77. The van der Waals surface area contributed by atoms with E-state index < -0.39 is 0 Å². The van der Waals surface area contributed by atoms with Gasteiger partial charge in [0.05, 0.1) is 12.9 Å². The molecule has 0 spiro atoms. The normalized spacial score (nSPS) is 17.5. The summed E-state index contributed by atoms with van der Waals surface area (Å²) in [5.41, 5.74) is 2.84. The van der Waals surface area contributed by atoms with Crippen molar-refractivity contribution >= 4 is 35.0 Å². The van der Waals surface area contributed by atoms with Crippen LogP contribution in [-0.2, 0) is 9.59 Å². The summed E-state index contributed by atoms with van der Waals surface area (Å²) in [6, 6.07) is 15.3. The van der Waals surface area contributed by atoms with Crippen molar-refractivity contribution in [3.63, 3.8) is 0 Å². The molecule has 0 unspecified atom stereocenters. The number of thioether (sulfide) groups is 1. The summed E-state index contributed by atoms with van der Waals surface area (Å²) in [5, 5.41) is 2.90. The van der Waals surface area contributed by atoms with Crippen molar-refractivity contribution in [2.75, 3.05) is 23.1 Å². The SMILES string of the molecule is COc1cccc(N2C(=O)CS[C@H]2c2ccc(NC(=O)C[C@H](C)CC(C)(C)C)cc2)c1. The predicted octanol–water partition coefficient (Wildman–Crippen LogP) is 5.87. The molecule has 0 saturated carbocycles. The molecule has 1 fully saturated rings. The number of nitrogens with zero attached hydrogens (tertiary/aromatic N) is 1. The third-order valence-corrected chi connectivity index (χ3v) is 6.39. The Balaban J connectivity index is 1.67. The first kappa shape index (κ1) is 23.2. The molecule has 2 amide bonds. The highest BCUT2D eigenvalue weighted by Gasteiger charge is 2.34. The Hall–Kier alpha value is -2.47. The highest BCUT2D eigenvalue weighted by atomic mass is 32.2. The summed E-state index contributed by atoms with van der Waals surface area (Å²) in [4.78, 5) is 26.8. The number of ether oxygens (including phenoxy) is 1. The highest BCUT2D eigenvalue weighted by molar-refractivity contribution is 8.00. The zero-order valence-corrected chi connectivity index (χ0v) is 19.8. The van der Waals surface area contributed by atoms with Crippen molar-refractivity contribution in [1.82, 2.24) is 0 Å². The quantitative estimate of drug-likeness (QED) is 0.584. The van der Waals surface area contributed by atoms with E-state index in [0.29, 0.717) is 18.1 Å². The Bertz CT molecular complexity index is 921. The molecule has 0 bridgehead atoms. The molecule has 166 valence electrons. The number of methoxy groups -OCH3 is 1. The Morgan fingerprint density at radius 1 is 1.23 bits per heavy atom. The van der Waals surface area contributed by atoms with Crippen LogP contribution in [0.5, 0.6) is 5.75 Å². The summed E-state index contributed by atoms with van der Waals surface area (Å²) >= 11 is 1.60. The standard InChI is InChI=1S/C25H32N2O3S/c1-17(15-25(2,3)4)13-22(28)26-19-11-9-18(10-12-19)24-27(23(29)16-31-24)20-7-6-8-21(14-20)30-5/h6-12,14,17,24H,13,15-16H2,1-5H3,(H,26,28)/t17-,24-/m0/s1. The molecule has 1 heterocycles. The van der Waals surface area contributed by atoms with Gasteiger partial charge >= 0.3 is 0 Å². The molecule has 31 heavy (non-hydrogen) atoms. The molecule has 2 aromatic rings. The van der Waals surface area contributed by atoms with Crippen LogP contribution in [0, 0.1) is 11.3 Å². The summed E-state index contributed by atoms with van der Waals surface area (Å²) < 4.78 is 5.31. The molecule has 6 heteroatoms. The molecule has 1 aliphatic rings. The Morgan fingerprint density at radius 2 is 1.94 bits per heavy atom. The summed E-state index contributed by atoms with van der Waals surface area (Å²) in [7, 11) is 1.62. The Labute approximate surface area is 189 Å². The van der Waals surface area contributed by atoms with Crippen molar-refractivity contribution < 1.29 is 14.3 Å². The Kier molecular flexibility index (Phi) is 7.31. The van der Waals surface area contributed by atoms with Gasteiger partial charge in [0.1, 0.15) is 11.1 Å². The van der Waals surface area contributed by atoms with Crippen LogP contribution in [0.3, 0.4) is 0 Å². The van der Waals surface area contributed by atoms with Crippen LogP contribution in [0.1, 0.15) is 51.5 Å². The minimum absolute atomic E-state index is 0.0351. The van der Waals surface area contributed by atoms with Crippen LogP contribution >= 0.6 is 11.8 Å². The number of rotatable bonds is 7. The van der Waals surface area contributed by atoms with Gasteiger partial charge in [0.25, 0.3) is 0 Å². The van der Waals surface area contributed by atoms with Gasteiger partial charge in [-0.25, -0.2) is 0 Å². The smallest absolute Gasteiger partial charge is 0.238 e. The topological polar surface area (TPSA) is 58.6 Å². The van der Waals surface area contributed by atoms with Gasteiger partial charge < -0.3 is 10.1 Å². The lowest BCUT2D eigenvalue weighted by Gasteiger charge is -2.25. The number of benzene rings is 2. The molecule has 2 atom stereocenters. The molecule has 1 N–H and O–H groups in total. The van der Waals surface area contributed by atoms with Crippen molar-refractivity contribution in [1.29, 1.82) is 0 Å². The molecule has 3 rings (SSSR count). The Morgan fingerprint density at radius 3 is 2.58 bits per heavy atom. The molecular weight excluding hydrogens is 408 g/mol. The van der Waals surface area contributed by atoms with Crippen LogP contribution in [0.15, 0.2) is 48.5 Å². The van der Waals surface area contributed by atoms with E-state index in [1.807, 2.05) is 53.4 Å². The van der Waals surface area contributed by atoms with E-state index in [-0.39, 0.29) is 22.6 Å². The van der Waals surface area contributed by atoms with E-state index in [2.05, 4.69) is 33.0 Å². The number of carbonyl (C=O) groups is 2. The van der Waals surface area contributed by atoms with Crippen LogP contribution in [-0.4, -0.2) is 24.7 Å². The molecule has 0 aromatic heterocycles. The summed E-state index contributed by atoms with van der Waals surface area (Å²) in [6.07, 6.45) is 1.52. The fourth-order valence-electron chi connectivity index (χ4n) is 4.09. The molecule has 2 aromatic carbocycles. The maximum Gasteiger partial charge on any atom is 0.238 e. The zero-order chi connectivity index (χ0) is 22.6. The van der Waals surface area contributed by atoms with E-state index in [1.165, 1.54) is 0 Å². The van der Waals surface area contributed by atoms with Crippen molar-refractivity contribution in [3.8, 4) is 5.75 Å². The van der Waals surface area contributed by atoms with E-state index in [1.54, 1.807) is 18.9 Å². The summed E-state index contributed by atoms with van der Waals surface area (Å²) in [6.45, 7) is 8.71. The van der Waals surface area contributed by atoms with Crippen LogP contribution in [0.4, 0.5) is 11.4 Å². The van der Waals surface area contributed by atoms with Gasteiger partial charge in [-0.05, 0) is 47.6 Å². The van der Waals surface area contributed by atoms with E-state index in [0.717, 1.165) is 29.1 Å². The fourth-order valence-corrected chi connectivity index (χ4v) is 5.26. The maximum absolute atomic E-state index is 12.6. The lowest BCUT2D eigenvalue weighted by atomic mass is 9.84. The van der Waals surface area contributed by atoms with Crippen molar-refractivity contribution in [2.45, 2.75) is 45.9 Å². The largest absolute Gasteiger partial charge is 0.497 e. The van der Waals surface area contributed by atoms with Gasteiger partial charge in [-0.15, -0.1) is 11.8 Å². The highest BCUT2D eigenvalue weighted by Crippen LogP contribution is 2.42. The molecule has 1 aliphatic heterocycles. The van der Waals surface area contributed by atoms with Gasteiger partial charge in [-0.2, -0.15) is 0 Å². The minimum atomic E-state index is -0.101. The number of hydrogen-bond acceptors (Lipinski definition) is 4. The average molecular weight is 441 g/mol. The molecule has 0 aliphatic carbocycles. The average Bonchev–Trinajstić information content (AvgIpc) is 3.08. The number of anilines is 2. The predicted molar refractivity (Wildman–Crippen MR) is 129 cm³/mol.